The van der Waals surface area contributed by atoms with Gasteiger partial charge in [-0.15, -0.1) is 0 Å². The van der Waals surface area contributed by atoms with Crippen LogP contribution in [-0.2, 0) is 19.1 Å². The smallest absolute Gasteiger partial charge is 0.329 e. The lowest BCUT2D eigenvalue weighted by Gasteiger charge is -2.36. The Hall–Kier alpha value is -1.14. The van der Waals surface area contributed by atoms with Gasteiger partial charge in [-0.05, 0) is 26.7 Å². The summed E-state index contributed by atoms with van der Waals surface area (Å²) in [6.45, 7) is 6.55. The summed E-state index contributed by atoms with van der Waals surface area (Å²) in [5, 5.41) is 5.89. The van der Waals surface area contributed by atoms with Crippen LogP contribution in [0.3, 0.4) is 0 Å². The van der Waals surface area contributed by atoms with Crippen LogP contribution in [0.1, 0.15) is 33.6 Å². The van der Waals surface area contributed by atoms with Crippen LogP contribution in [0.5, 0.6) is 0 Å². The van der Waals surface area contributed by atoms with Gasteiger partial charge in [0.2, 0.25) is 5.91 Å². The van der Waals surface area contributed by atoms with Crippen molar-refractivity contribution in [2.75, 3.05) is 20.3 Å². The van der Waals surface area contributed by atoms with E-state index in [4.69, 9.17) is 4.74 Å². The number of nitrogens with one attached hydrogen (secondary N) is 2. The van der Waals surface area contributed by atoms with E-state index in [0.29, 0.717) is 13.2 Å². The largest absolute Gasteiger partial charge is 0.467 e. The Bertz CT molecular complexity index is 331. The van der Waals surface area contributed by atoms with E-state index in [2.05, 4.69) is 15.4 Å². The molecule has 2 unspecified atom stereocenters. The van der Waals surface area contributed by atoms with Crippen LogP contribution < -0.4 is 10.6 Å². The highest BCUT2D eigenvalue weighted by atomic mass is 16.5. The second-order valence-corrected chi connectivity index (χ2v) is 5.48. The molecule has 1 fully saturated rings. The van der Waals surface area contributed by atoms with Crippen molar-refractivity contribution in [2.24, 2.45) is 0 Å². The molecule has 1 heterocycles. The van der Waals surface area contributed by atoms with Gasteiger partial charge in [-0.1, -0.05) is 0 Å². The molecule has 1 aliphatic heterocycles. The summed E-state index contributed by atoms with van der Waals surface area (Å²) < 4.78 is 10.3. The first-order valence-corrected chi connectivity index (χ1v) is 6.56. The van der Waals surface area contributed by atoms with Crippen LogP contribution in [0.25, 0.3) is 0 Å². The summed E-state index contributed by atoms with van der Waals surface area (Å²) in [4.78, 5) is 22.6. The highest BCUT2D eigenvalue weighted by molar-refractivity contribution is 5.83. The molecular formula is C13H24N2O4. The Balaban J connectivity index is 2.46. The first-order valence-electron chi connectivity index (χ1n) is 6.56. The molecule has 0 spiro atoms. The standard InChI is InChI=1S/C13H24N2O4/c1-9(16)15-11(12(17)18-4)8-14-10-5-6-19-13(2,3)7-10/h10-11,14H,5-8H2,1-4H3,(H,15,16). The van der Waals surface area contributed by atoms with Crippen LogP contribution in [0.2, 0.25) is 0 Å². The zero-order valence-electron chi connectivity index (χ0n) is 12.1. The second kappa shape index (κ2) is 6.86. The predicted molar refractivity (Wildman–Crippen MR) is 70.7 cm³/mol. The molecule has 1 saturated heterocycles. The maximum atomic E-state index is 11.5. The van der Waals surface area contributed by atoms with Crippen LogP contribution >= 0.6 is 0 Å². The average Bonchev–Trinajstić information content (AvgIpc) is 2.32. The van der Waals surface area contributed by atoms with E-state index in [0.717, 1.165) is 12.8 Å². The van der Waals surface area contributed by atoms with Gasteiger partial charge in [0.25, 0.3) is 0 Å². The van der Waals surface area contributed by atoms with Gasteiger partial charge in [0.05, 0.1) is 12.7 Å². The number of amides is 1. The highest BCUT2D eigenvalue weighted by Gasteiger charge is 2.29. The molecule has 2 atom stereocenters. The Morgan fingerprint density at radius 2 is 2.16 bits per heavy atom. The van der Waals surface area contributed by atoms with Crippen molar-refractivity contribution in [3.05, 3.63) is 0 Å². The zero-order valence-corrected chi connectivity index (χ0v) is 12.1. The van der Waals surface area contributed by atoms with Gasteiger partial charge in [-0.2, -0.15) is 0 Å². The Morgan fingerprint density at radius 3 is 2.68 bits per heavy atom. The zero-order chi connectivity index (χ0) is 14.5. The third kappa shape index (κ3) is 5.57. The monoisotopic (exact) mass is 272 g/mol. The first-order chi connectivity index (χ1) is 8.84. The second-order valence-electron chi connectivity index (χ2n) is 5.48. The van der Waals surface area contributed by atoms with Crippen LogP contribution in [-0.4, -0.2) is 49.8 Å². The fourth-order valence-electron chi connectivity index (χ4n) is 2.27. The highest BCUT2D eigenvalue weighted by Crippen LogP contribution is 2.23. The summed E-state index contributed by atoms with van der Waals surface area (Å²) in [6, 6.07) is -0.363. The molecule has 6 heteroatoms. The van der Waals surface area contributed by atoms with E-state index in [-0.39, 0.29) is 17.6 Å². The normalized spacial score (nSPS) is 23.5. The third-order valence-electron chi connectivity index (χ3n) is 3.17. The summed E-state index contributed by atoms with van der Waals surface area (Å²) in [7, 11) is 1.31. The molecule has 0 aromatic rings. The van der Waals surface area contributed by atoms with Crippen molar-refractivity contribution in [2.45, 2.75) is 51.3 Å². The van der Waals surface area contributed by atoms with Crippen molar-refractivity contribution in [3.63, 3.8) is 0 Å². The molecular weight excluding hydrogens is 248 g/mol. The van der Waals surface area contributed by atoms with Gasteiger partial charge in [-0.25, -0.2) is 4.79 Å². The number of rotatable bonds is 5. The van der Waals surface area contributed by atoms with E-state index in [1.165, 1.54) is 14.0 Å². The minimum absolute atomic E-state index is 0.148. The topological polar surface area (TPSA) is 76.7 Å². The molecule has 0 aromatic heterocycles. The number of methoxy groups -OCH3 is 1. The quantitative estimate of drug-likeness (QED) is 0.700. The lowest BCUT2D eigenvalue weighted by molar-refractivity contribution is -0.144. The van der Waals surface area contributed by atoms with Gasteiger partial charge in [0.1, 0.15) is 6.04 Å². The predicted octanol–water partition coefficient (Wildman–Crippen LogP) is 0.211. The molecule has 19 heavy (non-hydrogen) atoms. The molecule has 0 aliphatic carbocycles. The van der Waals surface area contributed by atoms with Crippen molar-refractivity contribution in [3.8, 4) is 0 Å². The van der Waals surface area contributed by atoms with E-state index in [1.807, 2.05) is 13.8 Å². The average molecular weight is 272 g/mol. The molecule has 0 saturated carbocycles. The van der Waals surface area contributed by atoms with Gasteiger partial charge < -0.3 is 20.1 Å². The van der Waals surface area contributed by atoms with E-state index < -0.39 is 12.0 Å². The van der Waals surface area contributed by atoms with Crippen molar-refractivity contribution in [1.82, 2.24) is 10.6 Å². The Kier molecular flexibility index (Phi) is 5.75. The minimum atomic E-state index is -0.645. The van der Waals surface area contributed by atoms with Crippen LogP contribution in [0.4, 0.5) is 0 Å². The lowest BCUT2D eigenvalue weighted by atomic mass is 9.94. The number of carbonyl (C=O) groups is 2. The van der Waals surface area contributed by atoms with Crippen molar-refractivity contribution in [1.29, 1.82) is 0 Å². The summed E-state index contributed by atoms with van der Waals surface area (Å²) in [5.74, 6) is -0.682. The van der Waals surface area contributed by atoms with E-state index in [1.54, 1.807) is 0 Å². The van der Waals surface area contributed by atoms with E-state index >= 15 is 0 Å². The Labute approximate surface area is 114 Å². The summed E-state index contributed by atoms with van der Waals surface area (Å²) in [6.07, 6.45) is 1.78. The number of hydrogen-bond donors (Lipinski definition) is 2. The van der Waals surface area contributed by atoms with Gasteiger partial charge in [-0.3, -0.25) is 4.79 Å². The number of ether oxygens (including phenoxy) is 2. The molecule has 0 bridgehead atoms. The minimum Gasteiger partial charge on any atom is -0.467 e. The molecule has 1 amide bonds. The third-order valence-corrected chi connectivity index (χ3v) is 3.17. The SMILES string of the molecule is COC(=O)C(CNC1CCOC(C)(C)C1)NC(C)=O. The molecule has 0 aromatic carbocycles. The molecule has 1 aliphatic rings. The maximum absolute atomic E-state index is 11.5. The molecule has 110 valence electrons. The fraction of sp³-hybridized carbons (Fsp3) is 0.846. The lowest BCUT2D eigenvalue weighted by Crippen LogP contribution is -2.51. The van der Waals surface area contributed by atoms with Crippen LogP contribution in [0, 0.1) is 0 Å². The molecule has 6 nitrogen and oxygen atoms in total. The van der Waals surface area contributed by atoms with Gasteiger partial charge in [0, 0.05) is 26.1 Å². The maximum Gasteiger partial charge on any atom is 0.329 e. The number of esters is 1. The van der Waals surface area contributed by atoms with E-state index in [9.17, 15) is 9.59 Å². The molecule has 1 rings (SSSR count). The summed E-state index contributed by atoms with van der Waals surface area (Å²) in [5.41, 5.74) is -0.148. The van der Waals surface area contributed by atoms with Crippen molar-refractivity contribution >= 4 is 11.9 Å². The molecule has 2 N–H and O–H groups in total. The molecule has 0 radical (unpaired) electrons. The number of carbonyl (C=O) groups excluding carboxylic acids is 2. The van der Waals surface area contributed by atoms with Gasteiger partial charge >= 0.3 is 5.97 Å². The summed E-state index contributed by atoms with van der Waals surface area (Å²) >= 11 is 0. The Morgan fingerprint density at radius 1 is 1.47 bits per heavy atom. The first kappa shape index (κ1) is 15.9. The van der Waals surface area contributed by atoms with Gasteiger partial charge in [0.15, 0.2) is 0 Å². The number of hydrogen-bond acceptors (Lipinski definition) is 5. The van der Waals surface area contributed by atoms with Crippen molar-refractivity contribution < 1.29 is 19.1 Å². The van der Waals surface area contributed by atoms with Crippen LogP contribution in [0.15, 0.2) is 0 Å². The fourth-order valence-corrected chi connectivity index (χ4v) is 2.27.